The van der Waals surface area contributed by atoms with E-state index in [-0.39, 0.29) is 55.6 Å². The van der Waals surface area contributed by atoms with Gasteiger partial charge in [-0.2, -0.15) is 18.3 Å². The fourth-order valence-corrected chi connectivity index (χ4v) is 10.6. The largest absolute Gasteiger partial charge is 0.489 e. The van der Waals surface area contributed by atoms with Crippen molar-refractivity contribution in [2.45, 2.75) is 19.6 Å². The zero-order chi connectivity index (χ0) is 52.0. The van der Waals surface area contributed by atoms with Gasteiger partial charge < -0.3 is 34.5 Å². The summed E-state index contributed by atoms with van der Waals surface area (Å²) in [6.45, 7) is 6.54. The zero-order valence-corrected chi connectivity index (χ0v) is 42.0. The minimum atomic E-state index is -4.59. The van der Waals surface area contributed by atoms with Gasteiger partial charge in [-0.3, -0.25) is 14.5 Å². The van der Waals surface area contributed by atoms with Crippen LogP contribution in [0.4, 0.5) is 18.9 Å². The Morgan fingerprint density at radius 3 is 2.12 bits per heavy atom. The number of nitrogens with zero attached hydrogens (tertiary/aromatic N) is 5. The number of amides is 2. The van der Waals surface area contributed by atoms with Crippen molar-refractivity contribution in [3.63, 3.8) is 0 Å². The van der Waals surface area contributed by atoms with E-state index in [1.165, 1.54) is 25.4 Å². The van der Waals surface area contributed by atoms with Crippen molar-refractivity contribution < 1.29 is 46.5 Å². The SMILES string of the molecule is COC(=O)c1cc(C(=O)NCCOCCOCCOc2cnn3c(C#Cc4cc(C(=O)Nc5ccc(CN6CCN(C)CC6)c(C(F)(F)F)c5)ccc4C)cnc3c2)ccc1P(c1ccccc1)c1ccccc1. The Morgan fingerprint density at radius 1 is 0.743 bits per heavy atom. The molecule has 0 atom stereocenters. The highest BCUT2D eigenvalue weighted by atomic mass is 31.1. The lowest BCUT2D eigenvalue weighted by Crippen LogP contribution is -2.44. The number of benzene rings is 5. The molecule has 74 heavy (non-hydrogen) atoms. The lowest BCUT2D eigenvalue weighted by Gasteiger charge is -2.33. The Bertz CT molecular complexity index is 3100. The average molecular weight is 1030 g/mol. The molecule has 3 heterocycles. The Morgan fingerprint density at radius 2 is 1.42 bits per heavy atom. The summed E-state index contributed by atoms with van der Waals surface area (Å²) in [5, 5.41) is 12.8. The van der Waals surface area contributed by atoms with Crippen molar-refractivity contribution in [3.8, 4) is 17.6 Å². The summed E-state index contributed by atoms with van der Waals surface area (Å²) in [5.74, 6) is 5.19. The van der Waals surface area contributed by atoms with Gasteiger partial charge in [-0.05, 0) is 91.3 Å². The maximum absolute atomic E-state index is 14.2. The highest BCUT2D eigenvalue weighted by molar-refractivity contribution is 7.80. The fraction of sp³-hybridized carbons (Fsp3) is 0.268. The number of halogens is 3. The third-order valence-corrected chi connectivity index (χ3v) is 14.7. The molecule has 1 aliphatic rings. The number of imidazole rings is 1. The second kappa shape index (κ2) is 25.0. The first kappa shape index (κ1) is 52.9. The molecule has 18 heteroatoms. The van der Waals surface area contributed by atoms with E-state index in [2.05, 4.69) is 37.5 Å². The van der Waals surface area contributed by atoms with Crippen LogP contribution in [0.3, 0.4) is 0 Å². The maximum Gasteiger partial charge on any atom is 0.416 e. The molecule has 5 aromatic carbocycles. The topological polar surface area (TPSA) is 149 Å². The van der Waals surface area contributed by atoms with E-state index < -0.39 is 31.5 Å². The number of rotatable bonds is 19. The monoisotopic (exact) mass is 1030 g/mol. The van der Waals surface area contributed by atoms with Crippen LogP contribution in [0.25, 0.3) is 5.65 Å². The maximum atomic E-state index is 14.2. The summed E-state index contributed by atoms with van der Waals surface area (Å²) >= 11 is 0. The molecule has 1 fully saturated rings. The number of esters is 1. The standard InChI is InChI=1S/C56H55F3N7O7P/c1-39-14-15-41(54(68)63-44-19-16-43(50(34-44)56(57,58)59)38-65-25-23-64(2)24-26-65)32-40(39)17-20-45-36-61-52-35-46(37-62-66(45)52)73-31-30-72-29-28-71-27-22-60-53(67)42-18-21-51(49(33-42)55(69)70-3)74(47-10-6-4-7-11-47)48-12-8-5-9-13-48/h4-16,18-19,21,32-37H,22-31,38H2,1-3H3,(H,60,67)(H,63,68). The van der Waals surface area contributed by atoms with Crippen molar-refractivity contribution >= 4 is 53.0 Å². The van der Waals surface area contributed by atoms with Crippen LogP contribution in [-0.2, 0) is 26.9 Å². The molecule has 0 bridgehead atoms. The van der Waals surface area contributed by atoms with E-state index in [4.69, 9.17) is 18.9 Å². The van der Waals surface area contributed by atoms with Gasteiger partial charge in [0.15, 0.2) is 5.65 Å². The molecule has 1 aliphatic heterocycles. The number of ether oxygens (including phenoxy) is 4. The number of fused-ring (bicyclic) bond motifs is 1. The van der Waals surface area contributed by atoms with Gasteiger partial charge in [-0.25, -0.2) is 14.3 Å². The van der Waals surface area contributed by atoms with Gasteiger partial charge in [0, 0.05) is 67.7 Å². The molecular formula is C56H55F3N7O7P. The highest BCUT2D eigenvalue weighted by Gasteiger charge is 2.34. The van der Waals surface area contributed by atoms with Gasteiger partial charge >= 0.3 is 12.1 Å². The van der Waals surface area contributed by atoms with Crippen molar-refractivity contribution in [2.75, 3.05) is 85.2 Å². The van der Waals surface area contributed by atoms with E-state index in [9.17, 15) is 27.6 Å². The van der Waals surface area contributed by atoms with Crippen LogP contribution in [-0.4, -0.2) is 122 Å². The number of likely N-dealkylation sites (N-methyl/N-ethyl adjacent to an activating group) is 1. The summed E-state index contributed by atoms with van der Waals surface area (Å²) in [4.78, 5) is 48.1. The van der Waals surface area contributed by atoms with Crippen LogP contribution in [0.2, 0.25) is 0 Å². The molecule has 0 saturated carbocycles. The predicted molar refractivity (Wildman–Crippen MR) is 278 cm³/mol. The first-order chi connectivity index (χ1) is 35.8. The van der Waals surface area contributed by atoms with Gasteiger partial charge in [-0.1, -0.05) is 84.8 Å². The highest BCUT2D eigenvalue weighted by Crippen LogP contribution is 2.36. The van der Waals surface area contributed by atoms with Gasteiger partial charge in [0.2, 0.25) is 0 Å². The van der Waals surface area contributed by atoms with Gasteiger partial charge in [0.05, 0.1) is 57.1 Å². The average Bonchev–Trinajstić information content (AvgIpc) is 3.82. The van der Waals surface area contributed by atoms with Crippen molar-refractivity contribution in [1.82, 2.24) is 29.7 Å². The number of piperazine rings is 1. The molecular weight excluding hydrogens is 971 g/mol. The number of methoxy groups -OCH3 is 1. The molecule has 0 unspecified atom stereocenters. The number of alkyl halides is 3. The van der Waals surface area contributed by atoms with Crippen molar-refractivity contribution in [3.05, 3.63) is 178 Å². The van der Waals surface area contributed by atoms with E-state index >= 15 is 0 Å². The Balaban J connectivity index is 0.769. The molecule has 2 amide bonds. The molecule has 382 valence electrons. The Hall–Kier alpha value is -7.45. The number of carbonyl (C=O) groups excluding carboxylic acids is 3. The first-order valence-corrected chi connectivity index (χ1v) is 25.3. The summed E-state index contributed by atoms with van der Waals surface area (Å²) in [7, 11) is 2.21. The quantitative estimate of drug-likeness (QED) is 0.0380. The third-order valence-electron chi connectivity index (χ3n) is 12.2. The normalized spacial score (nSPS) is 13.1. The number of aromatic nitrogens is 3. The van der Waals surface area contributed by atoms with Gasteiger partial charge in [0.25, 0.3) is 11.8 Å². The second-order valence-electron chi connectivity index (χ2n) is 17.3. The number of nitrogens with one attached hydrogen (secondary N) is 2. The molecule has 14 nitrogen and oxygen atoms in total. The molecule has 7 aromatic rings. The fourth-order valence-electron chi connectivity index (χ4n) is 8.16. The lowest BCUT2D eigenvalue weighted by molar-refractivity contribution is -0.138. The van der Waals surface area contributed by atoms with Crippen LogP contribution in [0, 0.1) is 18.8 Å². The van der Waals surface area contributed by atoms with Crippen LogP contribution in [0.5, 0.6) is 5.75 Å². The zero-order valence-electron chi connectivity index (χ0n) is 41.2. The summed E-state index contributed by atoms with van der Waals surface area (Å²) in [6, 6.07) is 35.7. The summed E-state index contributed by atoms with van der Waals surface area (Å²) < 4.78 is 66.4. The number of anilines is 1. The molecule has 0 aliphatic carbocycles. The molecule has 0 radical (unpaired) electrons. The van der Waals surface area contributed by atoms with Gasteiger partial charge in [-0.15, -0.1) is 0 Å². The molecule has 1 saturated heterocycles. The Kier molecular flexibility index (Phi) is 17.8. The molecule has 0 spiro atoms. The summed E-state index contributed by atoms with van der Waals surface area (Å²) in [5.41, 5.74) is 2.66. The smallest absolute Gasteiger partial charge is 0.416 e. The lowest BCUT2D eigenvalue weighted by atomic mass is 10.0. The van der Waals surface area contributed by atoms with Crippen LogP contribution < -0.4 is 31.3 Å². The minimum Gasteiger partial charge on any atom is -0.489 e. The predicted octanol–water partition coefficient (Wildman–Crippen LogP) is 6.84. The van der Waals surface area contributed by atoms with Crippen LogP contribution in [0.1, 0.15) is 59.0 Å². The van der Waals surface area contributed by atoms with E-state index in [0.717, 1.165) is 40.6 Å². The van der Waals surface area contributed by atoms with Crippen molar-refractivity contribution in [1.29, 1.82) is 0 Å². The van der Waals surface area contributed by atoms with E-state index in [0.29, 0.717) is 60.1 Å². The minimum absolute atomic E-state index is 0.0446. The molecule has 8 rings (SSSR count). The van der Waals surface area contributed by atoms with E-state index in [1.807, 2.05) is 85.6 Å². The number of carbonyl (C=O) groups is 3. The first-order valence-electron chi connectivity index (χ1n) is 23.9. The number of aryl methyl sites for hydroxylation is 1. The molecule has 2 N–H and O–H groups in total. The van der Waals surface area contributed by atoms with Crippen LogP contribution >= 0.6 is 7.92 Å². The third kappa shape index (κ3) is 13.8. The molecule has 2 aromatic heterocycles. The van der Waals surface area contributed by atoms with E-state index in [1.54, 1.807) is 47.1 Å². The van der Waals surface area contributed by atoms with Gasteiger partial charge in [0.1, 0.15) is 18.1 Å². The summed E-state index contributed by atoms with van der Waals surface area (Å²) in [6.07, 6.45) is -1.49. The number of hydrogen-bond donors (Lipinski definition) is 2. The Labute approximate surface area is 428 Å². The van der Waals surface area contributed by atoms with Crippen molar-refractivity contribution in [2.24, 2.45) is 0 Å². The van der Waals surface area contributed by atoms with Crippen LogP contribution in [0.15, 0.2) is 134 Å². The second-order valence-corrected chi connectivity index (χ2v) is 19.5. The number of hydrogen-bond acceptors (Lipinski definition) is 11.